The zero-order valence-corrected chi connectivity index (χ0v) is 17.1. The summed E-state index contributed by atoms with van der Waals surface area (Å²) in [6.07, 6.45) is 2.05. The van der Waals surface area contributed by atoms with Gasteiger partial charge in [0.1, 0.15) is 22.2 Å². The molecule has 0 aliphatic carbocycles. The molecule has 0 bridgehead atoms. The van der Waals surface area contributed by atoms with Gasteiger partial charge >= 0.3 is 0 Å². The number of nitrogens with zero attached hydrogens (tertiary/aromatic N) is 3. The molecule has 5 nitrogen and oxygen atoms in total. The molecular weight excluding hydrogens is 380 g/mol. The van der Waals surface area contributed by atoms with Gasteiger partial charge in [0, 0.05) is 18.0 Å². The molecule has 0 spiro atoms. The monoisotopic (exact) mass is 402 g/mol. The number of para-hydroxylation sites is 1. The zero-order chi connectivity index (χ0) is 19.0. The van der Waals surface area contributed by atoms with E-state index in [1.165, 1.54) is 16.9 Å². The number of methoxy groups -OCH3 is 1. The molecule has 4 rings (SSSR count). The van der Waals surface area contributed by atoms with Crippen molar-refractivity contribution < 1.29 is 4.74 Å². The van der Waals surface area contributed by atoms with Crippen molar-refractivity contribution in [3.63, 3.8) is 0 Å². The van der Waals surface area contributed by atoms with Gasteiger partial charge in [-0.3, -0.25) is 4.90 Å². The minimum atomic E-state index is 0.340. The first-order valence-corrected chi connectivity index (χ1v) is 10.3. The molecule has 1 aromatic carbocycles. The number of hydrogen-bond donors (Lipinski definition) is 1. The molecule has 3 aromatic rings. The molecule has 0 amide bonds. The Labute approximate surface area is 168 Å². The lowest BCUT2D eigenvalue weighted by Gasteiger charge is -2.31. The Kier molecular flexibility index (Phi) is 5.21. The van der Waals surface area contributed by atoms with Gasteiger partial charge in [0.25, 0.3) is 0 Å². The maximum atomic E-state index is 6.26. The van der Waals surface area contributed by atoms with Gasteiger partial charge in [-0.2, -0.15) is 0 Å². The van der Waals surface area contributed by atoms with E-state index in [1.54, 1.807) is 7.11 Å². The number of ether oxygens (including phenoxy) is 1. The number of fused-ring (bicyclic) bond motifs is 1. The molecule has 1 aliphatic heterocycles. The molecule has 1 fully saturated rings. The van der Waals surface area contributed by atoms with Crippen LogP contribution in [0.5, 0.6) is 5.75 Å². The fourth-order valence-corrected chi connectivity index (χ4v) is 5.00. The second-order valence-electron chi connectivity index (χ2n) is 7.01. The summed E-state index contributed by atoms with van der Waals surface area (Å²) in [6.45, 7) is 4.89. The smallest absolute Gasteiger partial charge is 0.136 e. The van der Waals surface area contributed by atoms with E-state index in [0.29, 0.717) is 11.7 Å². The van der Waals surface area contributed by atoms with Gasteiger partial charge in [0.15, 0.2) is 0 Å². The van der Waals surface area contributed by atoms with Crippen LogP contribution in [0, 0.1) is 6.92 Å². The van der Waals surface area contributed by atoms with Crippen LogP contribution in [0.2, 0.25) is 4.34 Å². The van der Waals surface area contributed by atoms with Gasteiger partial charge in [-0.25, -0.2) is 9.97 Å². The number of aryl methyl sites for hydroxylation is 1. The van der Waals surface area contributed by atoms with E-state index in [1.807, 2.05) is 19.1 Å². The number of nitrogen functional groups attached to an aromatic ring is 1. The van der Waals surface area contributed by atoms with Gasteiger partial charge in [-0.1, -0.05) is 29.8 Å². The average molecular weight is 403 g/mol. The number of rotatable bonds is 4. The van der Waals surface area contributed by atoms with Crippen LogP contribution in [0.25, 0.3) is 10.2 Å². The topological polar surface area (TPSA) is 64.3 Å². The van der Waals surface area contributed by atoms with Crippen LogP contribution in [0.4, 0.5) is 5.82 Å². The van der Waals surface area contributed by atoms with Crippen molar-refractivity contribution in [3.05, 3.63) is 45.6 Å². The van der Waals surface area contributed by atoms with Crippen molar-refractivity contribution in [1.82, 2.24) is 14.9 Å². The van der Waals surface area contributed by atoms with E-state index in [9.17, 15) is 0 Å². The van der Waals surface area contributed by atoms with Crippen molar-refractivity contribution in [1.29, 1.82) is 0 Å². The number of nitrogens with two attached hydrogens (primary N) is 1. The summed E-state index contributed by atoms with van der Waals surface area (Å²) in [5.74, 6) is 2.69. The molecule has 1 saturated heterocycles. The summed E-state index contributed by atoms with van der Waals surface area (Å²) in [5, 5.41) is 0.905. The summed E-state index contributed by atoms with van der Waals surface area (Å²) < 4.78 is 6.22. The molecule has 0 atom stereocenters. The molecule has 0 radical (unpaired) electrons. The van der Waals surface area contributed by atoms with E-state index in [0.717, 1.165) is 64.2 Å². The summed E-state index contributed by atoms with van der Waals surface area (Å²) in [6, 6.07) is 8.21. The van der Waals surface area contributed by atoms with E-state index >= 15 is 0 Å². The van der Waals surface area contributed by atoms with E-state index in [4.69, 9.17) is 27.1 Å². The third-order valence-electron chi connectivity index (χ3n) is 5.32. The first-order valence-electron chi connectivity index (χ1n) is 9.13. The number of benzene rings is 1. The zero-order valence-electron chi connectivity index (χ0n) is 15.5. The summed E-state index contributed by atoms with van der Waals surface area (Å²) >= 11 is 7.75. The number of anilines is 1. The number of halogens is 1. The minimum Gasteiger partial charge on any atom is -0.496 e. The standard InChI is InChI=1S/C20H23ClN4OS/c1-12-16-18(22)23-19(24-20(16)27-17(12)21)13-7-9-25(10-8-13)11-14-5-3-4-6-15(14)26-2/h3-6,13H,7-11H2,1-2H3,(H2,22,23,24). The second-order valence-corrected chi connectivity index (χ2v) is 8.61. The van der Waals surface area contributed by atoms with Gasteiger partial charge in [0.05, 0.1) is 16.8 Å². The van der Waals surface area contributed by atoms with Gasteiger partial charge in [-0.05, 0) is 44.5 Å². The molecule has 3 heterocycles. The van der Waals surface area contributed by atoms with Crippen LogP contribution in [0.15, 0.2) is 24.3 Å². The van der Waals surface area contributed by atoms with Crippen LogP contribution in [-0.2, 0) is 6.54 Å². The third kappa shape index (κ3) is 3.61. The Balaban J connectivity index is 1.47. The first kappa shape index (κ1) is 18.5. The SMILES string of the molecule is COc1ccccc1CN1CCC(c2nc(N)c3c(C)c(Cl)sc3n2)CC1. The number of likely N-dealkylation sites (tertiary alicyclic amines) is 1. The fraction of sp³-hybridized carbons (Fsp3) is 0.400. The lowest BCUT2D eigenvalue weighted by molar-refractivity contribution is 0.200. The molecule has 0 saturated carbocycles. The number of thiophene rings is 1. The first-order chi connectivity index (χ1) is 13.1. The van der Waals surface area contributed by atoms with Crippen molar-refractivity contribution >= 4 is 39.0 Å². The molecule has 1 aliphatic rings. The molecule has 2 N–H and O–H groups in total. The van der Waals surface area contributed by atoms with Crippen LogP contribution in [0.3, 0.4) is 0 Å². The van der Waals surface area contributed by atoms with Crippen molar-refractivity contribution in [2.75, 3.05) is 25.9 Å². The Morgan fingerprint density at radius 2 is 2.00 bits per heavy atom. The number of hydrogen-bond acceptors (Lipinski definition) is 6. The van der Waals surface area contributed by atoms with Crippen LogP contribution < -0.4 is 10.5 Å². The minimum absolute atomic E-state index is 0.340. The largest absolute Gasteiger partial charge is 0.496 e. The lowest BCUT2D eigenvalue weighted by Crippen LogP contribution is -2.33. The Bertz CT molecular complexity index is 966. The molecular formula is C20H23ClN4OS. The van der Waals surface area contributed by atoms with Gasteiger partial charge in [0.2, 0.25) is 0 Å². The lowest BCUT2D eigenvalue weighted by atomic mass is 9.95. The number of aromatic nitrogens is 2. The highest BCUT2D eigenvalue weighted by Gasteiger charge is 2.25. The third-order valence-corrected chi connectivity index (χ3v) is 6.81. The van der Waals surface area contributed by atoms with Crippen molar-refractivity contribution in [2.24, 2.45) is 0 Å². The van der Waals surface area contributed by atoms with Gasteiger partial charge < -0.3 is 10.5 Å². The second kappa shape index (κ2) is 7.62. The molecule has 0 unspecified atom stereocenters. The number of piperidine rings is 1. The Hall–Kier alpha value is -1.89. The Morgan fingerprint density at radius 1 is 1.26 bits per heavy atom. The molecule has 7 heteroatoms. The maximum Gasteiger partial charge on any atom is 0.136 e. The van der Waals surface area contributed by atoms with Gasteiger partial charge in [-0.15, -0.1) is 11.3 Å². The van der Waals surface area contributed by atoms with Crippen molar-refractivity contribution in [3.8, 4) is 5.75 Å². The van der Waals surface area contributed by atoms with Crippen LogP contribution >= 0.6 is 22.9 Å². The molecule has 2 aromatic heterocycles. The van der Waals surface area contributed by atoms with E-state index in [-0.39, 0.29) is 0 Å². The summed E-state index contributed by atoms with van der Waals surface area (Å²) in [5.41, 5.74) is 8.42. The van der Waals surface area contributed by atoms with Crippen LogP contribution in [-0.4, -0.2) is 35.1 Å². The highest BCUT2D eigenvalue weighted by Crippen LogP contribution is 2.37. The molecule has 27 heavy (non-hydrogen) atoms. The normalized spacial score (nSPS) is 16.1. The van der Waals surface area contributed by atoms with E-state index < -0.39 is 0 Å². The maximum absolute atomic E-state index is 6.26. The quantitative estimate of drug-likeness (QED) is 0.689. The predicted octanol–water partition coefficient (Wildman–Crippen LogP) is 4.62. The average Bonchev–Trinajstić information content (AvgIpc) is 2.97. The van der Waals surface area contributed by atoms with E-state index in [2.05, 4.69) is 22.0 Å². The van der Waals surface area contributed by atoms with Crippen LogP contribution in [0.1, 0.15) is 35.7 Å². The fourth-order valence-electron chi connectivity index (χ4n) is 3.77. The van der Waals surface area contributed by atoms with Crippen molar-refractivity contribution in [2.45, 2.75) is 32.2 Å². The Morgan fingerprint density at radius 3 is 2.74 bits per heavy atom. The predicted molar refractivity (Wildman–Crippen MR) is 112 cm³/mol. The molecule has 142 valence electrons. The highest BCUT2D eigenvalue weighted by atomic mass is 35.5. The highest BCUT2D eigenvalue weighted by molar-refractivity contribution is 7.22. The summed E-state index contributed by atoms with van der Waals surface area (Å²) in [7, 11) is 1.72. The summed E-state index contributed by atoms with van der Waals surface area (Å²) in [4.78, 5) is 12.8.